The number of nitrogens with zero attached hydrogens (tertiary/aromatic N) is 3. The van der Waals surface area contributed by atoms with Crippen LogP contribution in [-0.2, 0) is 9.53 Å². The summed E-state index contributed by atoms with van der Waals surface area (Å²) in [5.74, 6) is -0.802. The Kier molecular flexibility index (Phi) is 8.25. The third-order valence-corrected chi connectivity index (χ3v) is 7.93. The lowest BCUT2D eigenvalue weighted by molar-refractivity contribution is -0.138. The maximum absolute atomic E-state index is 13.2. The molecule has 1 aliphatic heterocycles. The average Bonchev–Trinajstić information content (AvgIpc) is 2.77. The van der Waals surface area contributed by atoms with Gasteiger partial charge in [0.25, 0.3) is 0 Å². The Bertz CT molecular complexity index is 1260. The molecule has 168 valence electrons. The first-order valence-electron chi connectivity index (χ1n) is 10.1. The highest BCUT2D eigenvalue weighted by atomic mass is 79.9. The zero-order valence-corrected chi connectivity index (χ0v) is 21.5. The number of hydrogen-bond acceptors (Lipinski definition) is 8. The molecule has 0 amide bonds. The number of ether oxygens (including phenoxy) is 1. The Hall–Kier alpha value is -2.72. The molecule has 2 aromatic rings. The predicted molar refractivity (Wildman–Crippen MR) is 134 cm³/mol. The van der Waals surface area contributed by atoms with Crippen molar-refractivity contribution in [2.45, 2.75) is 31.7 Å². The lowest BCUT2D eigenvalue weighted by Crippen LogP contribution is -2.23. The van der Waals surface area contributed by atoms with E-state index in [9.17, 15) is 15.3 Å². The molecule has 9 heteroatoms. The van der Waals surface area contributed by atoms with E-state index in [1.54, 1.807) is 6.92 Å². The van der Waals surface area contributed by atoms with E-state index in [1.807, 2.05) is 44.2 Å². The van der Waals surface area contributed by atoms with E-state index in [0.29, 0.717) is 37.4 Å². The molecule has 3 rings (SSSR count). The van der Waals surface area contributed by atoms with Crippen molar-refractivity contribution in [2.24, 2.45) is 5.73 Å². The summed E-state index contributed by atoms with van der Waals surface area (Å²) in [7, 11) is 0. The second-order valence-corrected chi connectivity index (χ2v) is 10.1. The third-order valence-electron chi connectivity index (χ3n) is 4.97. The summed E-state index contributed by atoms with van der Waals surface area (Å²) in [5, 5.41) is 20.4. The zero-order chi connectivity index (χ0) is 24.1. The summed E-state index contributed by atoms with van der Waals surface area (Å²) in [6.45, 7) is 5.69. The van der Waals surface area contributed by atoms with Gasteiger partial charge in [0, 0.05) is 20.8 Å². The van der Waals surface area contributed by atoms with Gasteiger partial charge in [-0.2, -0.15) is 10.5 Å². The van der Waals surface area contributed by atoms with Gasteiger partial charge in [-0.25, -0.2) is 9.78 Å². The minimum atomic E-state index is -0.663. The van der Waals surface area contributed by atoms with Crippen molar-refractivity contribution in [3.8, 4) is 12.1 Å². The molecular formula is C24H21BrN4O2S2. The molecule has 0 bridgehead atoms. The van der Waals surface area contributed by atoms with E-state index in [2.05, 4.69) is 33.1 Å². The van der Waals surface area contributed by atoms with Crippen LogP contribution >= 0.6 is 39.5 Å². The zero-order valence-electron chi connectivity index (χ0n) is 18.3. The molecule has 0 saturated heterocycles. The number of thioether (sulfide) groups is 2. The van der Waals surface area contributed by atoms with Crippen molar-refractivity contribution in [2.75, 3.05) is 12.4 Å². The average molecular weight is 541 g/mol. The molecule has 1 aliphatic rings. The number of aromatic nitrogens is 1. The van der Waals surface area contributed by atoms with Gasteiger partial charge in [0.2, 0.25) is 0 Å². The van der Waals surface area contributed by atoms with Crippen LogP contribution in [-0.4, -0.2) is 23.3 Å². The fraction of sp³-hybridized carbons (Fsp3) is 0.250. The predicted octanol–water partition coefficient (Wildman–Crippen LogP) is 5.47. The van der Waals surface area contributed by atoms with Gasteiger partial charge in [-0.05, 0) is 44.0 Å². The molecule has 0 saturated carbocycles. The van der Waals surface area contributed by atoms with Crippen LogP contribution in [0.2, 0.25) is 0 Å². The molecule has 0 unspecified atom stereocenters. The molecule has 33 heavy (non-hydrogen) atoms. The highest BCUT2D eigenvalue weighted by molar-refractivity contribution is 9.10. The number of allylic oxidation sites excluding steroid dienone is 1. The van der Waals surface area contributed by atoms with Gasteiger partial charge >= 0.3 is 5.97 Å². The minimum absolute atomic E-state index is 0.203. The van der Waals surface area contributed by atoms with Crippen LogP contribution in [0.1, 0.15) is 35.2 Å². The Balaban J connectivity index is 2.14. The topological polar surface area (TPSA) is 113 Å². The van der Waals surface area contributed by atoms with Crippen molar-refractivity contribution in [1.29, 1.82) is 10.5 Å². The van der Waals surface area contributed by atoms with E-state index in [0.717, 1.165) is 21.3 Å². The first-order chi connectivity index (χ1) is 15.8. The highest BCUT2D eigenvalue weighted by Crippen LogP contribution is 2.48. The molecule has 1 atom stereocenters. The minimum Gasteiger partial charge on any atom is -0.463 e. The normalized spacial score (nSPS) is 15.8. The second-order valence-electron chi connectivity index (χ2n) is 7.16. The largest absolute Gasteiger partial charge is 0.463 e. The SMILES string of the molecule is CCOC(=O)C1=C(CSc2nc(C)cc(C)c2C#N)SC(N)=C(C#N)[C@@H]1c1ccccc1Br. The fourth-order valence-electron chi connectivity index (χ4n) is 3.55. The second kappa shape index (κ2) is 10.9. The lowest BCUT2D eigenvalue weighted by Gasteiger charge is -2.28. The first-order valence-corrected chi connectivity index (χ1v) is 12.6. The summed E-state index contributed by atoms with van der Waals surface area (Å²) in [5.41, 5.74) is 9.92. The summed E-state index contributed by atoms with van der Waals surface area (Å²) in [6, 6.07) is 13.7. The van der Waals surface area contributed by atoms with Gasteiger partial charge in [0.1, 0.15) is 11.1 Å². The van der Waals surface area contributed by atoms with E-state index in [-0.39, 0.29) is 6.61 Å². The molecule has 0 fully saturated rings. The van der Waals surface area contributed by atoms with Crippen molar-refractivity contribution < 1.29 is 9.53 Å². The van der Waals surface area contributed by atoms with Crippen LogP contribution in [0.15, 0.2) is 60.9 Å². The van der Waals surface area contributed by atoms with E-state index >= 15 is 0 Å². The van der Waals surface area contributed by atoms with E-state index in [4.69, 9.17) is 10.5 Å². The maximum Gasteiger partial charge on any atom is 0.335 e. The molecule has 0 aliphatic carbocycles. The van der Waals surface area contributed by atoms with Crippen LogP contribution in [0.4, 0.5) is 0 Å². The quantitative estimate of drug-likeness (QED) is 0.379. The van der Waals surface area contributed by atoms with Crippen molar-refractivity contribution in [1.82, 2.24) is 4.98 Å². The van der Waals surface area contributed by atoms with Crippen molar-refractivity contribution >= 4 is 45.4 Å². The Morgan fingerprint density at radius 3 is 2.67 bits per heavy atom. The first kappa shape index (κ1) is 24.9. The number of esters is 1. The number of hydrogen-bond donors (Lipinski definition) is 1. The number of benzene rings is 1. The molecule has 2 N–H and O–H groups in total. The Morgan fingerprint density at radius 2 is 2.03 bits per heavy atom. The summed E-state index contributed by atoms with van der Waals surface area (Å²) in [4.78, 5) is 18.4. The smallest absolute Gasteiger partial charge is 0.335 e. The molecule has 0 radical (unpaired) electrons. The van der Waals surface area contributed by atoms with E-state index in [1.165, 1.54) is 23.5 Å². The summed E-state index contributed by atoms with van der Waals surface area (Å²) < 4.78 is 6.15. The van der Waals surface area contributed by atoms with Crippen LogP contribution in [0, 0.1) is 36.5 Å². The number of carbonyl (C=O) groups excluding carboxylic acids is 1. The van der Waals surface area contributed by atoms with Gasteiger partial charge < -0.3 is 10.5 Å². The molecular weight excluding hydrogens is 520 g/mol. The Labute approximate surface area is 210 Å². The molecule has 6 nitrogen and oxygen atoms in total. The standard InChI is InChI=1S/C24H21BrN4O2S2/c1-4-31-24(30)21-19(12-32-23-16(10-26)13(2)9-14(3)29-23)33-22(28)17(11-27)20(21)15-7-5-6-8-18(15)25/h5-9,20H,4,12,28H2,1-3H3/t20-/m0/s1. The molecule has 2 heterocycles. The van der Waals surface area contributed by atoms with Crippen LogP contribution in [0.3, 0.4) is 0 Å². The van der Waals surface area contributed by atoms with Gasteiger partial charge in [0.05, 0.1) is 40.3 Å². The summed E-state index contributed by atoms with van der Waals surface area (Å²) >= 11 is 6.11. The van der Waals surface area contributed by atoms with Crippen LogP contribution in [0.5, 0.6) is 0 Å². The number of aryl methyl sites for hydroxylation is 2. The molecule has 0 spiro atoms. The summed E-state index contributed by atoms with van der Waals surface area (Å²) in [6.07, 6.45) is 0. The van der Waals surface area contributed by atoms with Gasteiger partial charge in [0.15, 0.2) is 0 Å². The highest BCUT2D eigenvalue weighted by Gasteiger charge is 2.37. The maximum atomic E-state index is 13.2. The van der Waals surface area contributed by atoms with Gasteiger partial charge in [-0.3, -0.25) is 0 Å². The molecule has 1 aromatic carbocycles. The fourth-order valence-corrected chi connectivity index (χ4v) is 6.31. The van der Waals surface area contributed by atoms with Crippen molar-refractivity contribution in [3.05, 3.63) is 78.3 Å². The van der Waals surface area contributed by atoms with Gasteiger partial charge in [-0.15, -0.1) is 0 Å². The van der Waals surface area contributed by atoms with Crippen LogP contribution < -0.4 is 5.73 Å². The number of nitriles is 2. The number of nitrogens with two attached hydrogens (primary N) is 1. The molecule has 1 aromatic heterocycles. The number of pyridine rings is 1. The Morgan fingerprint density at radius 1 is 1.30 bits per heavy atom. The van der Waals surface area contributed by atoms with Crippen molar-refractivity contribution in [3.63, 3.8) is 0 Å². The number of carbonyl (C=O) groups is 1. The van der Waals surface area contributed by atoms with E-state index < -0.39 is 11.9 Å². The van der Waals surface area contributed by atoms with Crippen LogP contribution in [0.25, 0.3) is 0 Å². The van der Waals surface area contributed by atoms with Gasteiger partial charge in [-0.1, -0.05) is 57.7 Å². The third kappa shape index (κ3) is 5.27. The monoisotopic (exact) mass is 540 g/mol. The number of rotatable bonds is 6. The number of halogens is 1. The lowest BCUT2D eigenvalue weighted by atomic mass is 9.84.